The van der Waals surface area contributed by atoms with E-state index in [-0.39, 0.29) is 17.4 Å². The van der Waals surface area contributed by atoms with Crippen LogP contribution in [0.25, 0.3) is 11.0 Å². The highest BCUT2D eigenvalue weighted by Crippen LogP contribution is 2.25. The minimum atomic E-state index is -0.0792. The molecular weight excluding hydrogens is 328 g/mol. The number of benzene rings is 1. The molecule has 6 nitrogen and oxygen atoms in total. The van der Waals surface area contributed by atoms with Gasteiger partial charge in [-0.25, -0.2) is 4.98 Å². The van der Waals surface area contributed by atoms with Crippen LogP contribution in [0.4, 0.5) is 11.6 Å². The van der Waals surface area contributed by atoms with Gasteiger partial charge in [-0.15, -0.1) is 0 Å². The van der Waals surface area contributed by atoms with E-state index in [9.17, 15) is 9.59 Å². The molecule has 0 saturated carbocycles. The fourth-order valence-corrected chi connectivity index (χ4v) is 3.45. The van der Waals surface area contributed by atoms with Crippen molar-refractivity contribution in [3.63, 3.8) is 0 Å². The predicted octanol–water partition coefficient (Wildman–Crippen LogP) is 3.64. The van der Waals surface area contributed by atoms with E-state index in [4.69, 9.17) is 0 Å². The lowest BCUT2D eigenvalue weighted by Gasteiger charge is -2.16. The van der Waals surface area contributed by atoms with Crippen molar-refractivity contribution in [2.24, 2.45) is 0 Å². The Bertz CT molecular complexity index is 1070. The normalized spacial score (nSPS) is 13.9. The Morgan fingerprint density at radius 2 is 1.96 bits per heavy atom. The molecule has 6 heteroatoms. The number of carbonyl (C=O) groups excluding carboxylic acids is 1. The number of nitrogens with zero attached hydrogens (tertiary/aromatic N) is 3. The molecule has 1 N–H and O–H groups in total. The van der Waals surface area contributed by atoms with Crippen LogP contribution in [0.3, 0.4) is 0 Å². The van der Waals surface area contributed by atoms with E-state index in [0.717, 1.165) is 35.0 Å². The maximum absolute atomic E-state index is 12.2. The van der Waals surface area contributed by atoms with Gasteiger partial charge in [-0.1, -0.05) is 0 Å². The van der Waals surface area contributed by atoms with E-state index >= 15 is 0 Å². The van der Waals surface area contributed by atoms with Crippen LogP contribution in [0.5, 0.6) is 0 Å². The summed E-state index contributed by atoms with van der Waals surface area (Å²) in [5.41, 5.74) is 3.25. The van der Waals surface area contributed by atoms with E-state index < -0.39 is 0 Å². The highest BCUT2D eigenvalue weighted by atomic mass is 16.1. The summed E-state index contributed by atoms with van der Waals surface area (Å²) in [6.45, 7) is 3.91. The first-order valence-electron chi connectivity index (χ1n) is 8.84. The number of pyridine rings is 1. The molecule has 0 aliphatic heterocycles. The molecule has 26 heavy (non-hydrogen) atoms. The standard InChI is InChI=1S/C20H20N4O2/c1-12(2)24-18(26)9-6-14-11-21-20(23-19(14)24)22-15-7-8-16-13(10-15)4-3-5-17(16)25/h6-12H,3-5H2,1-2H3,(H,21,22,23). The number of carbonyl (C=O) groups is 1. The lowest BCUT2D eigenvalue weighted by Crippen LogP contribution is -2.22. The van der Waals surface area contributed by atoms with E-state index in [2.05, 4.69) is 15.3 Å². The molecule has 0 radical (unpaired) electrons. The number of Topliss-reactive ketones (excluding diaryl/α,β-unsaturated/α-hetero) is 1. The monoisotopic (exact) mass is 348 g/mol. The van der Waals surface area contributed by atoms with Gasteiger partial charge in [0.25, 0.3) is 5.56 Å². The van der Waals surface area contributed by atoms with Crippen LogP contribution in [0.2, 0.25) is 0 Å². The zero-order chi connectivity index (χ0) is 18.3. The van der Waals surface area contributed by atoms with Crippen LogP contribution in [0.1, 0.15) is 48.7 Å². The highest BCUT2D eigenvalue weighted by Gasteiger charge is 2.17. The van der Waals surface area contributed by atoms with Crippen LogP contribution < -0.4 is 10.9 Å². The third-order valence-corrected chi connectivity index (χ3v) is 4.70. The lowest BCUT2D eigenvalue weighted by molar-refractivity contribution is 0.0972. The Balaban J connectivity index is 1.73. The number of nitrogens with one attached hydrogen (secondary N) is 1. The maximum atomic E-state index is 12.2. The molecule has 0 saturated heterocycles. The van der Waals surface area contributed by atoms with Crippen molar-refractivity contribution in [1.82, 2.24) is 14.5 Å². The van der Waals surface area contributed by atoms with Crippen molar-refractivity contribution in [3.8, 4) is 0 Å². The summed E-state index contributed by atoms with van der Waals surface area (Å²) in [5, 5.41) is 4.02. The van der Waals surface area contributed by atoms with Gasteiger partial charge in [0.1, 0.15) is 5.65 Å². The fraction of sp³-hybridized carbons (Fsp3) is 0.300. The van der Waals surface area contributed by atoms with Gasteiger partial charge in [0.2, 0.25) is 5.95 Å². The van der Waals surface area contributed by atoms with Crippen molar-refractivity contribution < 1.29 is 4.79 Å². The Kier molecular flexibility index (Phi) is 4.03. The summed E-state index contributed by atoms with van der Waals surface area (Å²) in [5.74, 6) is 0.639. The van der Waals surface area contributed by atoms with Gasteiger partial charge in [0.05, 0.1) is 0 Å². The molecule has 2 heterocycles. The first-order chi connectivity index (χ1) is 12.5. The topological polar surface area (TPSA) is 76.9 Å². The van der Waals surface area contributed by atoms with E-state index in [1.807, 2.05) is 32.0 Å². The number of hydrogen-bond donors (Lipinski definition) is 1. The number of aromatic nitrogens is 3. The smallest absolute Gasteiger partial charge is 0.252 e. The van der Waals surface area contributed by atoms with Crippen LogP contribution in [-0.4, -0.2) is 20.3 Å². The number of fused-ring (bicyclic) bond motifs is 2. The lowest BCUT2D eigenvalue weighted by atomic mass is 9.90. The second-order valence-corrected chi connectivity index (χ2v) is 6.88. The fourth-order valence-electron chi connectivity index (χ4n) is 3.45. The molecule has 1 aromatic carbocycles. The zero-order valence-electron chi connectivity index (χ0n) is 14.8. The number of aryl methyl sites for hydroxylation is 1. The Morgan fingerprint density at radius 1 is 1.12 bits per heavy atom. The molecule has 2 aromatic heterocycles. The van der Waals surface area contributed by atoms with Gasteiger partial charge in [-0.3, -0.25) is 14.2 Å². The SMILES string of the molecule is CC(C)n1c(=O)ccc2cnc(Nc3ccc4c(c3)CCCC4=O)nc21. The molecule has 0 amide bonds. The Labute approximate surface area is 150 Å². The molecule has 132 valence electrons. The number of anilines is 2. The minimum Gasteiger partial charge on any atom is -0.324 e. The summed E-state index contributed by atoms with van der Waals surface area (Å²) < 4.78 is 1.66. The van der Waals surface area contributed by atoms with Gasteiger partial charge < -0.3 is 5.32 Å². The first kappa shape index (κ1) is 16.4. The van der Waals surface area contributed by atoms with Gasteiger partial charge in [0, 0.05) is 41.4 Å². The van der Waals surface area contributed by atoms with Crippen LogP contribution in [-0.2, 0) is 6.42 Å². The molecule has 1 aliphatic rings. The van der Waals surface area contributed by atoms with Crippen molar-refractivity contribution in [2.45, 2.75) is 39.2 Å². The average molecular weight is 348 g/mol. The Hall–Kier alpha value is -3.02. The molecule has 1 aliphatic carbocycles. The van der Waals surface area contributed by atoms with Gasteiger partial charge >= 0.3 is 0 Å². The van der Waals surface area contributed by atoms with Crippen molar-refractivity contribution >= 4 is 28.5 Å². The summed E-state index contributed by atoms with van der Waals surface area (Å²) in [4.78, 5) is 33.1. The van der Waals surface area contributed by atoms with Gasteiger partial charge in [-0.2, -0.15) is 4.98 Å². The minimum absolute atomic E-state index is 0.00343. The van der Waals surface area contributed by atoms with E-state index in [1.165, 1.54) is 0 Å². The quantitative estimate of drug-likeness (QED) is 0.782. The number of ketones is 1. The van der Waals surface area contributed by atoms with Crippen molar-refractivity contribution in [1.29, 1.82) is 0 Å². The van der Waals surface area contributed by atoms with Crippen molar-refractivity contribution in [2.75, 3.05) is 5.32 Å². The number of rotatable bonds is 3. The van der Waals surface area contributed by atoms with Gasteiger partial charge in [-0.05, 0) is 56.5 Å². The Morgan fingerprint density at radius 3 is 2.77 bits per heavy atom. The van der Waals surface area contributed by atoms with Crippen LogP contribution >= 0.6 is 0 Å². The summed E-state index contributed by atoms with van der Waals surface area (Å²) in [6.07, 6.45) is 4.13. The molecule has 0 fully saturated rings. The third kappa shape index (κ3) is 2.87. The summed E-state index contributed by atoms with van der Waals surface area (Å²) >= 11 is 0. The maximum Gasteiger partial charge on any atom is 0.252 e. The second-order valence-electron chi connectivity index (χ2n) is 6.88. The molecule has 0 spiro atoms. The average Bonchev–Trinajstić information content (AvgIpc) is 2.61. The molecule has 0 unspecified atom stereocenters. The molecular formula is C20H20N4O2. The summed E-state index contributed by atoms with van der Waals surface area (Å²) in [7, 11) is 0. The van der Waals surface area contributed by atoms with Gasteiger partial charge in [0.15, 0.2) is 5.78 Å². The zero-order valence-corrected chi connectivity index (χ0v) is 14.8. The third-order valence-electron chi connectivity index (χ3n) is 4.70. The first-order valence-corrected chi connectivity index (χ1v) is 8.84. The predicted molar refractivity (Wildman–Crippen MR) is 101 cm³/mol. The molecule has 4 rings (SSSR count). The molecule has 0 bridgehead atoms. The molecule has 0 atom stereocenters. The van der Waals surface area contributed by atoms with Crippen LogP contribution in [0, 0.1) is 0 Å². The highest BCUT2D eigenvalue weighted by molar-refractivity contribution is 5.98. The summed E-state index contributed by atoms with van der Waals surface area (Å²) in [6, 6.07) is 9.01. The van der Waals surface area contributed by atoms with Crippen LogP contribution in [0.15, 0.2) is 41.3 Å². The second kappa shape index (κ2) is 6.37. The van der Waals surface area contributed by atoms with Crippen molar-refractivity contribution in [3.05, 3.63) is 58.0 Å². The molecule has 3 aromatic rings. The van der Waals surface area contributed by atoms with E-state index in [1.54, 1.807) is 22.9 Å². The number of hydrogen-bond acceptors (Lipinski definition) is 5. The van der Waals surface area contributed by atoms with E-state index in [0.29, 0.717) is 18.0 Å². The largest absolute Gasteiger partial charge is 0.324 e.